The van der Waals surface area contributed by atoms with Crippen molar-refractivity contribution in [3.05, 3.63) is 0 Å². The van der Waals surface area contributed by atoms with Gasteiger partial charge >= 0.3 is 0 Å². The monoisotopic (exact) mass is 265 g/mol. The van der Waals surface area contributed by atoms with Crippen LogP contribution in [-0.4, -0.2) is 54.0 Å². The zero-order valence-corrected chi connectivity index (χ0v) is 11.9. The Balaban J connectivity index is 1.51. The van der Waals surface area contributed by atoms with Gasteiger partial charge in [0.2, 0.25) is 5.91 Å². The number of likely N-dealkylation sites (tertiary alicyclic amines) is 2. The molecule has 2 saturated heterocycles. The highest BCUT2D eigenvalue weighted by Gasteiger charge is 2.35. The smallest absolute Gasteiger partial charge is 0.225 e. The van der Waals surface area contributed by atoms with E-state index in [1.165, 1.54) is 32.4 Å². The maximum absolute atomic E-state index is 12.5. The van der Waals surface area contributed by atoms with Gasteiger partial charge in [-0.05, 0) is 58.0 Å². The average molecular weight is 265 g/mol. The van der Waals surface area contributed by atoms with Gasteiger partial charge in [0, 0.05) is 31.1 Å². The van der Waals surface area contributed by atoms with Gasteiger partial charge in [0.1, 0.15) is 0 Å². The molecule has 1 saturated carbocycles. The molecule has 3 aliphatic rings. The molecule has 19 heavy (non-hydrogen) atoms. The fourth-order valence-electron chi connectivity index (χ4n) is 3.97. The number of nitrogens with two attached hydrogens (primary N) is 1. The van der Waals surface area contributed by atoms with Crippen LogP contribution in [0.2, 0.25) is 0 Å². The van der Waals surface area contributed by atoms with Gasteiger partial charge in [-0.2, -0.15) is 0 Å². The van der Waals surface area contributed by atoms with Crippen LogP contribution >= 0.6 is 0 Å². The Labute approximate surface area is 116 Å². The van der Waals surface area contributed by atoms with Crippen molar-refractivity contribution >= 4 is 5.91 Å². The quantitative estimate of drug-likeness (QED) is 0.816. The van der Waals surface area contributed by atoms with Crippen LogP contribution in [0, 0.1) is 5.92 Å². The van der Waals surface area contributed by atoms with E-state index in [9.17, 15) is 4.79 Å². The molecule has 2 aliphatic heterocycles. The van der Waals surface area contributed by atoms with E-state index in [2.05, 4.69) is 9.80 Å². The molecule has 3 fully saturated rings. The van der Waals surface area contributed by atoms with Crippen LogP contribution in [0.1, 0.15) is 44.9 Å². The predicted octanol–water partition coefficient (Wildman–Crippen LogP) is 1.20. The van der Waals surface area contributed by atoms with Gasteiger partial charge in [-0.25, -0.2) is 0 Å². The van der Waals surface area contributed by atoms with Crippen LogP contribution in [0.4, 0.5) is 0 Å². The van der Waals surface area contributed by atoms with E-state index in [0.29, 0.717) is 18.0 Å². The highest BCUT2D eigenvalue weighted by Crippen LogP contribution is 2.28. The summed E-state index contributed by atoms with van der Waals surface area (Å²) in [6.07, 6.45) is 7.92. The fourth-order valence-corrected chi connectivity index (χ4v) is 3.97. The summed E-state index contributed by atoms with van der Waals surface area (Å²) in [5.74, 6) is 0.672. The minimum absolute atomic E-state index is 0.261. The summed E-state index contributed by atoms with van der Waals surface area (Å²) >= 11 is 0. The van der Waals surface area contributed by atoms with E-state index in [1.807, 2.05) is 0 Å². The van der Waals surface area contributed by atoms with Crippen molar-refractivity contribution in [3.8, 4) is 0 Å². The van der Waals surface area contributed by atoms with Crippen molar-refractivity contribution in [1.82, 2.24) is 9.80 Å². The second-order valence-corrected chi connectivity index (χ2v) is 6.58. The minimum Gasteiger partial charge on any atom is -0.341 e. The third-order valence-electron chi connectivity index (χ3n) is 5.25. The molecule has 4 heteroatoms. The highest BCUT2D eigenvalue weighted by molar-refractivity contribution is 5.79. The first-order chi connectivity index (χ1) is 9.24. The molecule has 0 bridgehead atoms. The van der Waals surface area contributed by atoms with Crippen LogP contribution in [0.5, 0.6) is 0 Å². The summed E-state index contributed by atoms with van der Waals surface area (Å²) in [7, 11) is 0. The predicted molar refractivity (Wildman–Crippen MR) is 75.7 cm³/mol. The van der Waals surface area contributed by atoms with E-state index in [1.54, 1.807) is 0 Å². The Bertz CT molecular complexity index is 319. The maximum Gasteiger partial charge on any atom is 0.225 e. The first kappa shape index (κ1) is 13.4. The van der Waals surface area contributed by atoms with Gasteiger partial charge in [0.15, 0.2) is 0 Å². The molecule has 1 atom stereocenters. The molecule has 0 spiro atoms. The molecule has 4 nitrogen and oxygen atoms in total. The number of carbonyl (C=O) groups is 1. The third-order valence-corrected chi connectivity index (χ3v) is 5.25. The molecule has 0 aromatic carbocycles. The van der Waals surface area contributed by atoms with Crippen molar-refractivity contribution in [2.45, 2.75) is 57.0 Å². The Kier molecular flexibility index (Phi) is 4.08. The summed E-state index contributed by atoms with van der Waals surface area (Å²) in [6.45, 7) is 4.43. The standard InChI is InChI=1S/C15H27N3O/c16-13-5-3-12(4-6-13)15(19)18-10-7-14(11-18)17-8-1-2-9-17/h12-14H,1-11,16H2. The van der Waals surface area contributed by atoms with E-state index in [4.69, 9.17) is 5.73 Å². The average Bonchev–Trinajstić information content (AvgIpc) is 3.10. The SMILES string of the molecule is NC1CCC(C(=O)N2CCC(N3CCCC3)C2)CC1. The van der Waals surface area contributed by atoms with E-state index in [0.717, 1.165) is 38.8 Å². The van der Waals surface area contributed by atoms with Crippen molar-refractivity contribution < 1.29 is 4.79 Å². The number of carbonyl (C=O) groups excluding carboxylic acids is 1. The lowest BCUT2D eigenvalue weighted by molar-refractivity contribution is -0.135. The fraction of sp³-hybridized carbons (Fsp3) is 0.933. The maximum atomic E-state index is 12.5. The van der Waals surface area contributed by atoms with Crippen LogP contribution < -0.4 is 5.73 Å². The van der Waals surface area contributed by atoms with E-state index >= 15 is 0 Å². The Morgan fingerprint density at radius 3 is 2.32 bits per heavy atom. The first-order valence-electron chi connectivity index (χ1n) is 8.02. The van der Waals surface area contributed by atoms with E-state index in [-0.39, 0.29) is 5.92 Å². The number of hydrogen-bond donors (Lipinski definition) is 1. The van der Waals surface area contributed by atoms with Crippen molar-refractivity contribution in [2.24, 2.45) is 11.7 Å². The first-order valence-corrected chi connectivity index (χ1v) is 8.02. The molecule has 3 rings (SSSR count). The van der Waals surface area contributed by atoms with Crippen molar-refractivity contribution in [1.29, 1.82) is 0 Å². The lowest BCUT2D eigenvalue weighted by atomic mass is 9.85. The van der Waals surface area contributed by atoms with Crippen LogP contribution in [0.3, 0.4) is 0 Å². The normalized spacial score (nSPS) is 36.9. The zero-order valence-electron chi connectivity index (χ0n) is 11.9. The topological polar surface area (TPSA) is 49.6 Å². The summed E-state index contributed by atoms with van der Waals surface area (Å²) in [4.78, 5) is 17.3. The van der Waals surface area contributed by atoms with Crippen molar-refractivity contribution in [3.63, 3.8) is 0 Å². The molecule has 0 aromatic rings. The molecule has 2 N–H and O–H groups in total. The molecule has 1 aliphatic carbocycles. The van der Waals surface area contributed by atoms with Gasteiger partial charge in [0.05, 0.1) is 0 Å². The lowest BCUT2D eigenvalue weighted by Gasteiger charge is -2.29. The summed E-state index contributed by atoms with van der Waals surface area (Å²) in [5, 5.41) is 0. The second-order valence-electron chi connectivity index (χ2n) is 6.58. The van der Waals surface area contributed by atoms with Crippen LogP contribution in [-0.2, 0) is 4.79 Å². The molecule has 1 amide bonds. The van der Waals surface area contributed by atoms with Gasteiger partial charge < -0.3 is 10.6 Å². The molecule has 2 heterocycles. The second kappa shape index (κ2) is 5.80. The zero-order chi connectivity index (χ0) is 13.2. The van der Waals surface area contributed by atoms with Gasteiger partial charge in [-0.15, -0.1) is 0 Å². The highest BCUT2D eigenvalue weighted by atomic mass is 16.2. The number of rotatable bonds is 2. The van der Waals surface area contributed by atoms with Crippen LogP contribution in [0.25, 0.3) is 0 Å². The summed E-state index contributed by atoms with van der Waals surface area (Å²) in [6, 6.07) is 0.970. The largest absolute Gasteiger partial charge is 0.341 e. The van der Waals surface area contributed by atoms with Gasteiger partial charge in [-0.1, -0.05) is 0 Å². The summed E-state index contributed by atoms with van der Waals surface area (Å²) in [5.41, 5.74) is 5.92. The molecule has 0 radical (unpaired) electrons. The minimum atomic E-state index is 0.261. The third kappa shape index (κ3) is 2.95. The lowest BCUT2D eigenvalue weighted by Crippen LogP contribution is -2.41. The number of hydrogen-bond acceptors (Lipinski definition) is 3. The molecule has 1 unspecified atom stereocenters. The van der Waals surface area contributed by atoms with Crippen LogP contribution in [0.15, 0.2) is 0 Å². The number of nitrogens with zero attached hydrogens (tertiary/aromatic N) is 2. The van der Waals surface area contributed by atoms with Gasteiger partial charge in [0.25, 0.3) is 0 Å². The summed E-state index contributed by atoms with van der Waals surface area (Å²) < 4.78 is 0. The molecule has 108 valence electrons. The van der Waals surface area contributed by atoms with Gasteiger partial charge in [-0.3, -0.25) is 9.69 Å². The Hall–Kier alpha value is -0.610. The van der Waals surface area contributed by atoms with E-state index < -0.39 is 0 Å². The molecule has 0 aromatic heterocycles. The van der Waals surface area contributed by atoms with Crippen molar-refractivity contribution in [2.75, 3.05) is 26.2 Å². The Morgan fingerprint density at radius 1 is 0.947 bits per heavy atom. The Morgan fingerprint density at radius 2 is 1.63 bits per heavy atom. The number of amides is 1. The molecular formula is C15H27N3O. The molecular weight excluding hydrogens is 238 g/mol.